The summed E-state index contributed by atoms with van der Waals surface area (Å²) in [6, 6.07) is 2.26. The van der Waals surface area contributed by atoms with Crippen LogP contribution in [0.1, 0.15) is 6.42 Å². The van der Waals surface area contributed by atoms with Crippen LogP contribution >= 0.6 is 0 Å². The third kappa shape index (κ3) is 0.0790. The van der Waals surface area contributed by atoms with E-state index in [1.807, 2.05) is 0 Å². The van der Waals surface area contributed by atoms with Gasteiger partial charge in [-0.05, 0) is 18.9 Å². The smallest absolute Gasteiger partial charge is 0.0302 e. The SMILES string of the molecule is C1CN2C3C1C32. The number of rotatable bonds is 0. The van der Waals surface area contributed by atoms with Gasteiger partial charge in [0.05, 0.1) is 0 Å². The van der Waals surface area contributed by atoms with Crippen molar-refractivity contribution in [1.29, 1.82) is 0 Å². The van der Waals surface area contributed by atoms with Crippen LogP contribution in [0.15, 0.2) is 0 Å². The van der Waals surface area contributed by atoms with Gasteiger partial charge in [-0.1, -0.05) is 0 Å². The molecule has 3 saturated heterocycles. The zero-order chi connectivity index (χ0) is 3.72. The fraction of sp³-hybridized carbons (Fsp3) is 1.00. The van der Waals surface area contributed by atoms with Gasteiger partial charge in [0.2, 0.25) is 0 Å². The van der Waals surface area contributed by atoms with E-state index < -0.39 is 0 Å². The highest BCUT2D eigenvalue weighted by molar-refractivity contribution is 5.31. The number of hydrogen-bond donors (Lipinski definition) is 0. The summed E-state index contributed by atoms with van der Waals surface area (Å²) >= 11 is 0. The van der Waals surface area contributed by atoms with E-state index in [4.69, 9.17) is 0 Å². The molecule has 1 nitrogen and oxygen atoms in total. The monoisotopic (exact) mass is 81.1 g/mol. The molecule has 4 aliphatic rings. The maximum atomic E-state index is 2.59. The minimum Gasteiger partial charge on any atom is -0.294 e. The summed E-state index contributed by atoms with van der Waals surface area (Å²) < 4.78 is 0. The zero-order valence-corrected chi connectivity index (χ0v) is 3.59. The molecule has 0 spiro atoms. The molecule has 0 aromatic rings. The van der Waals surface area contributed by atoms with Crippen LogP contribution < -0.4 is 0 Å². The number of nitrogens with zero attached hydrogens (tertiary/aromatic N) is 1. The Morgan fingerprint density at radius 3 is 2.33 bits per heavy atom. The van der Waals surface area contributed by atoms with Gasteiger partial charge in [0.1, 0.15) is 0 Å². The fourth-order valence-corrected chi connectivity index (χ4v) is 1.98. The minimum absolute atomic E-state index is 1.13. The Labute approximate surface area is 36.9 Å². The van der Waals surface area contributed by atoms with Crippen molar-refractivity contribution >= 4 is 0 Å². The first-order valence-corrected chi connectivity index (χ1v) is 2.74. The maximum Gasteiger partial charge on any atom is 0.0302 e. The topological polar surface area (TPSA) is 3.01 Å². The summed E-state index contributed by atoms with van der Waals surface area (Å²) in [6.07, 6.45) is 1.52. The summed E-state index contributed by atoms with van der Waals surface area (Å²) in [5.41, 5.74) is 0. The summed E-state index contributed by atoms with van der Waals surface area (Å²) in [5.74, 6) is 1.20. The zero-order valence-electron chi connectivity index (χ0n) is 3.59. The Kier molecular flexibility index (Phi) is 0.154. The molecule has 1 saturated carbocycles. The van der Waals surface area contributed by atoms with Crippen molar-refractivity contribution in [2.75, 3.05) is 6.54 Å². The molecule has 6 heavy (non-hydrogen) atoms. The van der Waals surface area contributed by atoms with Crippen LogP contribution in [0.25, 0.3) is 0 Å². The number of hydrogen-bond acceptors (Lipinski definition) is 1. The van der Waals surface area contributed by atoms with Crippen molar-refractivity contribution in [3.8, 4) is 0 Å². The largest absolute Gasteiger partial charge is 0.294 e. The Morgan fingerprint density at radius 2 is 2.17 bits per heavy atom. The molecule has 3 heterocycles. The van der Waals surface area contributed by atoms with Crippen molar-refractivity contribution in [2.45, 2.75) is 18.5 Å². The quantitative estimate of drug-likeness (QED) is 0.373. The van der Waals surface area contributed by atoms with Crippen LogP contribution in [-0.4, -0.2) is 23.5 Å². The van der Waals surface area contributed by atoms with Crippen LogP contribution in [0.4, 0.5) is 0 Å². The van der Waals surface area contributed by atoms with Crippen LogP contribution in [-0.2, 0) is 0 Å². The highest BCUT2D eigenvalue weighted by atomic mass is 15.5. The van der Waals surface area contributed by atoms with Crippen LogP contribution in [0, 0.1) is 5.92 Å². The van der Waals surface area contributed by atoms with Gasteiger partial charge in [-0.3, -0.25) is 4.90 Å². The third-order valence-electron chi connectivity index (χ3n) is 2.48. The Bertz CT molecular complexity index is 76.5. The van der Waals surface area contributed by atoms with Gasteiger partial charge in [0.25, 0.3) is 0 Å². The highest BCUT2D eigenvalue weighted by Crippen LogP contribution is 2.64. The first kappa shape index (κ1) is 2.31. The molecule has 0 radical (unpaired) electrons. The molecule has 3 aliphatic heterocycles. The molecular weight excluding hydrogens is 74.1 g/mol. The average Bonchev–Trinajstić information content (AvgIpc) is 2.30. The van der Waals surface area contributed by atoms with E-state index in [0.717, 1.165) is 12.1 Å². The van der Waals surface area contributed by atoms with Gasteiger partial charge < -0.3 is 0 Å². The van der Waals surface area contributed by atoms with Crippen molar-refractivity contribution in [1.82, 2.24) is 4.90 Å². The molecule has 4 fully saturated rings. The van der Waals surface area contributed by atoms with E-state index in [-0.39, 0.29) is 0 Å². The molecule has 0 aromatic heterocycles. The maximum absolute atomic E-state index is 2.59. The molecule has 2 unspecified atom stereocenters. The second kappa shape index (κ2) is 0.399. The molecule has 1 heteroatoms. The standard InChI is InChI=1S/C5H7N/c1-2-6-4-3(1)5(4)6/h3-5H,1-2H2. The molecule has 0 amide bonds. The first-order chi connectivity index (χ1) is 2.98. The lowest BCUT2D eigenvalue weighted by Crippen LogP contribution is -1.99. The van der Waals surface area contributed by atoms with E-state index in [2.05, 4.69) is 4.90 Å². The second-order valence-electron chi connectivity index (χ2n) is 2.67. The molecule has 2 atom stereocenters. The van der Waals surface area contributed by atoms with Gasteiger partial charge in [0, 0.05) is 12.1 Å². The first-order valence-electron chi connectivity index (χ1n) is 2.74. The van der Waals surface area contributed by atoms with Crippen molar-refractivity contribution < 1.29 is 0 Å². The number of piperidine rings is 1. The van der Waals surface area contributed by atoms with Crippen LogP contribution in [0.2, 0.25) is 0 Å². The average molecular weight is 81.1 g/mol. The summed E-state index contributed by atoms with van der Waals surface area (Å²) in [5, 5.41) is 0. The van der Waals surface area contributed by atoms with Gasteiger partial charge in [-0.25, -0.2) is 0 Å². The molecule has 0 N–H and O–H groups in total. The second-order valence-corrected chi connectivity index (χ2v) is 2.67. The molecule has 32 valence electrons. The van der Waals surface area contributed by atoms with Gasteiger partial charge in [0.15, 0.2) is 0 Å². The summed E-state index contributed by atoms with van der Waals surface area (Å²) in [4.78, 5) is 2.59. The molecule has 2 bridgehead atoms. The van der Waals surface area contributed by atoms with Crippen LogP contribution in [0.5, 0.6) is 0 Å². The molecule has 0 aromatic carbocycles. The Hall–Kier alpha value is -0.0400. The minimum atomic E-state index is 1.13. The van der Waals surface area contributed by atoms with E-state index in [9.17, 15) is 0 Å². The lowest BCUT2D eigenvalue weighted by molar-refractivity contribution is 0.492. The lowest BCUT2D eigenvalue weighted by Gasteiger charge is -1.89. The highest BCUT2D eigenvalue weighted by Gasteiger charge is 2.75. The van der Waals surface area contributed by atoms with Gasteiger partial charge in [-0.2, -0.15) is 0 Å². The van der Waals surface area contributed by atoms with Gasteiger partial charge in [-0.15, -0.1) is 0 Å². The third-order valence-corrected chi connectivity index (χ3v) is 2.48. The summed E-state index contributed by atoms with van der Waals surface area (Å²) in [6.45, 7) is 1.43. The molecule has 1 aliphatic carbocycles. The van der Waals surface area contributed by atoms with Crippen molar-refractivity contribution in [3.05, 3.63) is 0 Å². The van der Waals surface area contributed by atoms with Crippen molar-refractivity contribution in [2.24, 2.45) is 5.92 Å². The Balaban J connectivity index is 2.21. The van der Waals surface area contributed by atoms with E-state index in [1.165, 1.54) is 18.9 Å². The normalized spacial score (nSPS) is 80.0. The van der Waals surface area contributed by atoms with E-state index >= 15 is 0 Å². The molecular formula is C5H7N. The summed E-state index contributed by atoms with van der Waals surface area (Å²) in [7, 11) is 0. The Morgan fingerprint density at radius 1 is 1.33 bits per heavy atom. The van der Waals surface area contributed by atoms with E-state index in [1.54, 1.807) is 0 Å². The molecule has 4 rings (SSSR count). The fourth-order valence-electron chi connectivity index (χ4n) is 1.98. The predicted octanol–water partition coefficient (Wildman–Crippen LogP) is 0.0727. The predicted molar refractivity (Wildman–Crippen MR) is 22.4 cm³/mol. The van der Waals surface area contributed by atoms with Gasteiger partial charge >= 0.3 is 0 Å². The van der Waals surface area contributed by atoms with Crippen molar-refractivity contribution in [3.63, 3.8) is 0 Å². The number of fused-ring (bicyclic) bond motifs is 1. The lowest BCUT2D eigenvalue weighted by atomic mass is 10.3. The van der Waals surface area contributed by atoms with Crippen LogP contribution in [0.3, 0.4) is 0 Å². The van der Waals surface area contributed by atoms with E-state index in [0.29, 0.717) is 0 Å².